The zero-order valence-corrected chi connectivity index (χ0v) is 12.7. The predicted octanol–water partition coefficient (Wildman–Crippen LogP) is 0.547. The Morgan fingerprint density at radius 2 is 2.26 bits per heavy atom. The maximum Gasteiger partial charge on any atom is 0.242 e. The molecule has 1 aliphatic heterocycles. The van der Waals surface area contributed by atoms with E-state index in [9.17, 15) is 4.79 Å². The van der Waals surface area contributed by atoms with Gasteiger partial charge in [0.15, 0.2) is 0 Å². The Balaban J connectivity index is 1.41. The van der Waals surface area contributed by atoms with Crippen LogP contribution in [0.25, 0.3) is 0 Å². The van der Waals surface area contributed by atoms with E-state index < -0.39 is 0 Å². The van der Waals surface area contributed by atoms with Crippen molar-refractivity contribution in [2.24, 2.45) is 0 Å². The molecule has 1 N–H and O–H groups in total. The predicted molar refractivity (Wildman–Crippen MR) is 80.6 cm³/mol. The molecule has 1 fully saturated rings. The van der Waals surface area contributed by atoms with Crippen molar-refractivity contribution in [3.63, 3.8) is 0 Å². The van der Waals surface area contributed by atoms with Crippen LogP contribution in [0.2, 0.25) is 0 Å². The van der Waals surface area contributed by atoms with Gasteiger partial charge in [0.1, 0.15) is 25.2 Å². The van der Waals surface area contributed by atoms with Gasteiger partial charge in [-0.15, -0.1) is 5.10 Å². The summed E-state index contributed by atoms with van der Waals surface area (Å²) in [5.74, 6) is 0.667. The molecule has 1 saturated heterocycles. The minimum absolute atomic E-state index is 0.107. The molecule has 0 saturated carbocycles. The van der Waals surface area contributed by atoms with Crippen molar-refractivity contribution in [1.82, 2.24) is 25.5 Å². The quantitative estimate of drug-likeness (QED) is 0.802. The lowest BCUT2D eigenvalue weighted by Gasteiger charge is -2.12. The highest BCUT2D eigenvalue weighted by Crippen LogP contribution is 2.16. The zero-order chi connectivity index (χ0) is 15.9. The summed E-state index contributed by atoms with van der Waals surface area (Å²) in [4.78, 5) is 11.7. The van der Waals surface area contributed by atoms with E-state index in [0.717, 1.165) is 30.8 Å². The maximum absolute atomic E-state index is 11.7. The lowest BCUT2D eigenvalue weighted by Crippen LogP contribution is -2.27. The van der Waals surface area contributed by atoms with Crippen LogP contribution in [0.15, 0.2) is 30.6 Å². The van der Waals surface area contributed by atoms with E-state index in [-0.39, 0.29) is 18.6 Å². The Morgan fingerprint density at radius 1 is 1.39 bits per heavy atom. The molecule has 1 amide bonds. The minimum atomic E-state index is -0.143. The number of tetrazole rings is 1. The van der Waals surface area contributed by atoms with Gasteiger partial charge in [-0.05, 0) is 41.0 Å². The molecule has 0 bridgehead atoms. The summed E-state index contributed by atoms with van der Waals surface area (Å²) in [5.41, 5.74) is 1.000. The Labute approximate surface area is 133 Å². The van der Waals surface area contributed by atoms with Gasteiger partial charge in [0.25, 0.3) is 0 Å². The molecule has 1 unspecified atom stereocenters. The molecule has 1 aliphatic rings. The molecule has 8 heteroatoms. The Morgan fingerprint density at radius 3 is 2.96 bits per heavy atom. The Bertz CT molecular complexity index is 609. The number of hydrogen-bond acceptors (Lipinski definition) is 6. The zero-order valence-electron chi connectivity index (χ0n) is 12.7. The lowest BCUT2D eigenvalue weighted by atomic mass is 10.2. The van der Waals surface area contributed by atoms with Crippen molar-refractivity contribution in [1.29, 1.82) is 0 Å². The van der Waals surface area contributed by atoms with E-state index in [1.807, 2.05) is 24.3 Å². The molecule has 23 heavy (non-hydrogen) atoms. The summed E-state index contributed by atoms with van der Waals surface area (Å²) >= 11 is 0. The second-order valence-electron chi connectivity index (χ2n) is 5.37. The molecular formula is C15H19N5O3. The summed E-state index contributed by atoms with van der Waals surface area (Å²) in [7, 11) is 0. The van der Waals surface area contributed by atoms with Crippen LogP contribution >= 0.6 is 0 Å². The van der Waals surface area contributed by atoms with E-state index >= 15 is 0 Å². The van der Waals surface area contributed by atoms with Crippen molar-refractivity contribution >= 4 is 5.91 Å². The molecular weight excluding hydrogens is 298 g/mol. The first kappa shape index (κ1) is 15.4. The highest BCUT2D eigenvalue weighted by Gasteiger charge is 2.15. The highest BCUT2D eigenvalue weighted by atomic mass is 16.5. The first-order valence-corrected chi connectivity index (χ1v) is 7.60. The third kappa shape index (κ3) is 4.75. The van der Waals surface area contributed by atoms with Crippen molar-refractivity contribution in [3.8, 4) is 5.75 Å². The van der Waals surface area contributed by atoms with Crippen LogP contribution in [0.1, 0.15) is 18.4 Å². The summed E-state index contributed by atoms with van der Waals surface area (Å²) < 4.78 is 12.6. The first-order chi connectivity index (χ1) is 11.3. The van der Waals surface area contributed by atoms with Crippen molar-refractivity contribution in [3.05, 3.63) is 36.2 Å². The number of rotatable bonds is 7. The smallest absolute Gasteiger partial charge is 0.242 e. The summed E-state index contributed by atoms with van der Waals surface area (Å²) in [5, 5.41) is 13.4. The van der Waals surface area contributed by atoms with E-state index in [1.54, 1.807) is 0 Å². The van der Waals surface area contributed by atoms with Gasteiger partial charge in [0, 0.05) is 13.2 Å². The van der Waals surface area contributed by atoms with Crippen LogP contribution in [0, 0.1) is 0 Å². The average molecular weight is 317 g/mol. The lowest BCUT2D eigenvalue weighted by molar-refractivity contribution is -0.122. The van der Waals surface area contributed by atoms with Gasteiger partial charge in [0.2, 0.25) is 5.91 Å². The van der Waals surface area contributed by atoms with E-state index in [1.165, 1.54) is 11.0 Å². The number of amides is 1. The first-order valence-electron chi connectivity index (χ1n) is 7.60. The van der Waals surface area contributed by atoms with Gasteiger partial charge in [0.05, 0.1) is 6.10 Å². The maximum atomic E-state index is 11.7. The van der Waals surface area contributed by atoms with E-state index in [4.69, 9.17) is 9.47 Å². The van der Waals surface area contributed by atoms with Gasteiger partial charge in [-0.25, -0.2) is 4.68 Å². The average Bonchev–Trinajstić information content (AvgIpc) is 3.25. The summed E-state index contributed by atoms with van der Waals surface area (Å²) in [6, 6.07) is 7.67. The topological polar surface area (TPSA) is 91.2 Å². The standard InChI is InChI=1S/C15H19N5O3/c21-15(9-20-11-17-18-19-20)16-8-12-3-5-13(6-4-12)23-10-14-2-1-7-22-14/h3-6,11,14H,1-2,7-10H2,(H,16,21). The molecule has 8 nitrogen and oxygen atoms in total. The van der Waals surface area contributed by atoms with Gasteiger partial charge in [-0.3, -0.25) is 4.79 Å². The molecule has 1 aromatic heterocycles. The molecule has 0 spiro atoms. The number of aromatic nitrogens is 4. The fraction of sp³-hybridized carbons (Fsp3) is 0.467. The third-order valence-electron chi connectivity index (χ3n) is 3.57. The van der Waals surface area contributed by atoms with Crippen LogP contribution in [0.5, 0.6) is 5.75 Å². The number of hydrogen-bond donors (Lipinski definition) is 1. The van der Waals surface area contributed by atoms with E-state index in [0.29, 0.717) is 13.2 Å². The third-order valence-corrected chi connectivity index (χ3v) is 3.57. The number of carbonyl (C=O) groups excluding carboxylic acids is 1. The fourth-order valence-electron chi connectivity index (χ4n) is 2.32. The number of ether oxygens (including phenoxy) is 2. The van der Waals surface area contributed by atoms with Crippen LogP contribution < -0.4 is 10.1 Å². The molecule has 122 valence electrons. The summed E-state index contributed by atoms with van der Waals surface area (Å²) in [6.45, 7) is 1.97. The van der Waals surface area contributed by atoms with Crippen LogP contribution in [0.4, 0.5) is 0 Å². The SMILES string of the molecule is O=C(Cn1cnnn1)NCc1ccc(OCC2CCCO2)cc1. The Kier molecular flexibility index (Phi) is 5.15. The van der Waals surface area contributed by atoms with Crippen molar-refractivity contribution < 1.29 is 14.3 Å². The number of carbonyl (C=O) groups is 1. The van der Waals surface area contributed by atoms with Crippen molar-refractivity contribution in [2.45, 2.75) is 32.0 Å². The number of nitrogens with zero attached hydrogens (tertiary/aromatic N) is 4. The fourth-order valence-corrected chi connectivity index (χ4v) is 2.32. The molecule has 2 aromatic rings. The van der Waals surface area contributed by atoms with Gasteiger partial charge in [-0.1, -0.05) is 12.1 Å². The normalized spacial score (nSPS) is 17.1. The Hall–Kier alpha value is -2.48. The number of benzene rings is 1. The van der Waals surface area contributed by atoms with Crippen LogP contribution in [0.3, 0.4) is 0 Å². The highest BCUT2D eigenvalue weighted by molar-refractivity contribution is 5.75. The molecule has 1 atom stereocenters. The molecule has 2 heterocycles. The van der Waals surface area contributed by atoms with Gasteiger partial charge < -0.3 is 14.8 Å². The molecule has 0 radical (unpaired) electrons. The number of nitrogens with one attached hydrogen (secondary N) is 1. The molecule has 1 aromatic carbocycles. The molecule has 0 aliphatic carbocycles. The molecule has 3 rings (SSSR count). The van der Waals surface area contributed by atoms with Crippen LogP contribution in [-0.2, 0) is 22.6 Å². The monoisotopic (exact) mass is 317 g/mol. The largest absolute Gasteiger partial charge is 0.491 e. The second kappa shape index (κ2) is 7.68. The summed E-state index contributed by atoms with van der Waals surface area (Å²) in [6.07, 6.45) is 3.78. The van der Waals surface area contributed by atoms with E-state index in [2.05, 4.69) is 20.8 Å². The van der Waals surface area contributed by atoms with Crippen LogP contribution in [-0.4, -0.2) is 45.4 Å². The van der Waals surface area contributed by atoms with Crippen molar-refractivity contribution in [2.75, 3.05) is 13.2 Å². The second-order valence-corrected chi connectivity index (χ2v) is 5.37. The van der Waals surface area contributed by atoms with Gasteiger partial charge in [-0.2, -0.15) is 0 Å². The minimum Gasteiger partial charge on any atom is -0.491 e. The van der Waals surface area contributed by atoms with Gasteiger partial charge >= 0.3 is 0 Å².